The zero-order chi connectivity index (χ0) is 23.4. The lowest BCUT2D eigenvalue weighted by Crippen LogP contribution is -2.27. The standard InChI is InChI=1S/C24H20N4O4S/c1-16(22(29)25-18-10-7-11-19(14-18)28(31)32)33-24-26-21-13-6-5-12-20(21)23(30)27(24)15-17-8-3-2-4-9-17/h2-14,16H,15H2,1H3,(H,25,29). The summed E-state index contributed by atoms with van der Waals surface area (Å²) in [7, 11) is 0. The lowest BCUT2D eigenvalue weighted by molar-refractivity contribution is -0.384. The van der Waals surface area contributed by atoms with E-state index < -0.39 is 10.2 Å². The van der Waals surface area contributed by atoms with Gasteiger partial charge in [0.25, 0.3) is 11.2 Å². The minimum absolute atomic E-state index is 0.110. The van der Waals surface area contributed by atoms with Crippen LogP contribution in [0.5, 0.6) is 0 Å². The molecule has 0 radical (unpaired) electrons. The van der Waals surface area contributed by atoms with Crippen LogP contribution in [0.15, 0.2) is 88.8 Å². The molecule has 0 saturated heterocycles. The van der Waals surface area contributed by atoms with Gasteiger partial charge in [-0.05, 0) is 30.7 Å². The molecule has 0 aliphatic carbocycles. The first kappa shape index (κ1) is 22.2. The summed E-state index contributed by atoms with van der Waals surface area (Å²) < 4.78 is 1.57. The molecule has 1 aromatic heterocycles. The lowest BCUT2D eigenvalue weighted by Gasteiger charge is -2.16. The highest BCUT2D eigenvalue weighted by molar-refractivity contribution is 8.00. The first-order valence-electron chi connectivity index (χ1n) is 10.2. The molecular weight excluding hydrogens is 440 g/mol. The van der Waals surface area contributed by atoms with E-state index >= 15 is 0 Å². The third kappa shape index (κ3) is 5.09. The number of non-ortho nitro benzene ring substituents is 1. The van der Waals surface area contributed by atoms with E-state index in [0.29, 0.717) is 28.3 Å². The SMILES string of the molecule is CC(Sc1nc2ccccc2c(=O)n1Cc1ccccc1)C(=O)Nc1cccc([N+](=O)[O-])c1. The summed E-state index contributed by atoms with van der Waals surface area (Å²) in [5.74, 6) is -0.353. The van der Waals surface area contributed by atoms with Crippen molar-refractivity contribution >= 4 is 39.9 Å². The maximum absolute atomic E-state index is 13.2. The van der Waals surface area contributed by atoms with Crippen LogP contribution in [0.25, 0.3) is 10.9 Å². The summed E-state index contributed by atoms with van der Waals surface area (Å²) in [6.45, 7) is 2.02. The van der Waals surface area contributed by atoms with Crippen molar-refractivity contribution in [3.63, 3.8) is 0 Å². The second-order valence-corrected chi connectivity index (χ2v) is 8.65. The van der Waals surface area contributed by atoms with Crippen LogP contribution < -0.4 is 10.9 Å². The Bertz CT molecular complexity index is 1390. The number of nitro groups is 1. The van der Waals surface area contributed by atoms with Crippen molar-refractivity contribution in [3.8, 4) is 0 Å². The molecule has 4 rings (SSSR count). The normalized spacial score (nSPS) is 11.8. The number of carbonyl (C=O) groups excluding carboxylic acids is 1. The molecule has 0 bridgehead atoms. The number of aromatic nitrogens is 2. The predicted octanol–water partition coefficient (Wildman–Crippen LogP) is 4.47. The molecule has 0 aliphatic rings. The van der Waals surface area contributed by atoms with E-state index in [1.807, 2.05) is 36.4 Å². The Morgan fingerprint density at radius 1 is 1.09 bits per heavy atom. The van der Waals surface area contributed by atoms with Crippen LogP contribution in [0.1, 0.15) is 12.5 Å². The smallest absolute Gasteiger partial charge is 0.271 e. The summed E-state index contributed by atoms with van der Waals surface area (Å²) in [6.07, 6.45) is 0. The van der Waals surface area contributed by atoms with Gasteiger partial charge in [0.2, 0.25) is 5.91 Å². The van der Waals surface area contributed by atoms with E-state index in [-0.39, 0.29) is 17.2 Å². The first-order chi connectivity index (χ1) is 15.9. The van der Waals surface area contributed by atoms with Gasteiger partial charge in [-0.1, -0.05) is 60.3 Å². The number of fused-ring (bicyclic) bond motifs is 1. The van der Waals surface area contributed by atoms with Gasteiger partial charge in [-0.2, -0.15) is 0 Å². The second-order valence-electron chi connectivity index (χ2n) is 7.35. The Morgan fingerprint density at radius 2 is 1.82 bits per heavy atom. The van der Waals surface area contributed by atoms with E-state index in [4.69, 9.17) is 0 Å². The minimum atomic E-state index is -0.612. The highest BCUT2D eigenvalue weighted by atomic mass is 32.2. The van der Waals surface area contributed by atoms with Crippen molar-refractivity contribution in [2.45, 2.75) is 23.9 Å². The fraction of sp³-hybridized carbons (Fsp3) is 0.125. The van der Waals surface area contributed by atoms with Gasteiger partial charge >= 0.3 is 0 Å². The minimum Gasteiger partial charge on any atom is -0.325 e. The van der Waals surface area contributed by atoms with Crippen LogP contribution >= 0.6 is 11.8 Å². The Hall–Kier alpha value is -3.98. The molecule has 0 fully saturated rings. The number of carbonyl (C=O) groups is 1. The molecule has 9 heteroatoms. The first-order valence-corrected chi connectivity index (χ1v) is 11.1. The van der Waals surface area contributed by atoms with Crippen LogP contribution in [-0.4, -0.2) is 25.6 Å². The maximum atomic E-state index is 13.2. The summed E-state index contributed by atoms with van der Waals surface area (Å²) in [5.41, 5.74) is 1.53. The summed E-state index contributed by atoms with van der Waals surface area (Å²) in [5, 5.41) is 14.0. The molecule has 3 aromatic carbocycles. The molecule has 166 valence electrons. The fourth-order valence-electron chi connectivity index (χ4n) is 3.30. The zero-order valence-electron chi connectivity index (χ0n) is 17.7. The zero-order valence-corrected chi connectivity index (χ0v) is 18.5. The van der Waals surface area contributed by atoms with Crippen molar-refractivity contribution in [2.75, 3.05) is 5.32 Å². The summed E-state index contributed by atoms with van der Waals surface area (Å²) in [4.78, 5) is 41.2. The van der Waals surface area contributed by atoms with Crippen LogP contribution in [0, 0.1) is 10.1 Å². The van der Waals surface area contributed by atoms with Crippen LogP contribution in [-0.2, 0) is 11.3 Å². The van der Waals surface area contributed by atoms with Gasteiger partial charge in [-0.25, -0.2) is 4.98 Å². The van der Waals surface area contributed by atoms with Crippen molar-refractivity contribution in [2.24, 2.45) is 0 Å². The van der Waals surface area contributed by atoms with Gasteiger partial charge in [-0.3, -0.25) is 24.3 Å². The molecule has 1 heterocycles. The van der Waals surface area contributed by atoms with Crippen molar-refractivity contribution in [3.05, 3.63) is 105 Å². The molecule has 0 spiro atoms. The molecule has 0 saturated carbocycles. The number of nitro benzene ring substituents is 1. The Morgan fingerprint density at radius 3 is 2.58 bits per heavy atom. The number of hydrogen-bond donors (Lipinski definition) is 1. The third-order valence-corrected chi connectivity index (χ3v) is 6.08. The number of para-hydroxylation sites is 1. The van der Waals surface area contributed by atoms with Gasteiger partial charge in [0.1, 0.15) is 0 Å². The number of thioether (sulfide) groups is 1. The van der Waals surface area contributed by atoms with E-state index in [2.05, 4.69) is 10.3 Å². The van der Waals surface area contributed by atoms with E-state index in [1.54, 1.807) is 35.8 Å². The molecule has 1 amide bonds. The van der Waals surface area contributed by atoms with E-state index in [1.165, 1.54) is 18.2 Å². The number of hydrogen-bond acceptors (Lipinski definition) is 6. The quantitative estimate of drug-likeness (QED) is 0.189. The number of nitrogens with zero attached hydrogens (tertiary/aromatic N) is 3. The van der Waals surface area contributed by atoms with Gasteiger partial charge in [0, 0.05) is 17.8 Å². The van der Waals surface area contributed by atoms with Gasteiger partial charge in [0.05, 0.1) is 27.6 Å². The van der Waals surface area contributed by atoms with Gasteiger partial charge in [-0.15, -0.1) is 0 Å². The van der Waals surface area contributed by atoms with Crippen LogP contribution in [0.3, 0.4) is 0 Å². The molecule has 33 heavy (non-hydrogen) atoms. The summed E-state index contributed by atoms with van der Waals surface area (Å²) in [6, 6.07) is 22.4. The molecular formula is C24H20N4O4S. The fourth-order valence-corrected chi connectivity index (χ4v) is 4.20. The maximum Gasteiger partial charge on any atom is 0.271 e. The molecule has 1 N–H and O–H groups in total. The Labute approximate surface area is 193 Å². The molecule has 4 aromatic rings. The molecule has 1 atom stereocenters. The lowest BCUT2D eigenvalue weighted by atomic mass is 10.2. The average molecular weight is 461 g/mol. The van der Waals surface area contributed by atoms with Crippen LogP contribution in [0.2, 0.25) is 0 Å². The predicted molar refractivity (Wildman–Crippen MR) is 129 cm³/mol. The number of anilines is 1. The summed E-state index contributed by atoms with van der Waals surface area (Å²) >= 11 is 1.16. The Balaban J connectivity index is 1.63. The highest BCUT2D eigenvalue weighted by Gasteiger charge is 2.20. The largest absolute Gasteiger partial charge is 0.325 e. The van der Waals surface area contributed by atoms with Gasteiger partial charge < -0.3 is 5.32 Å². The highest BCUT2D eigenvalue weighted by Crippen LogP contribution is 2.25. The Kier molecular flexibility index (Phi) is 6.50. The van der Waals surface area contributed by atoms with Gasteiger partial charge in [0.15, 0.2) is 5.16 Å². The van der Waals surface area contributed by atoms with E-state index in [0.717, 1.165) is 17.3 Å². The average Bonchev–Trinajstić information content (AvgIpc) is 2.82. The number of amides is 1. The molecule has 0 aliphatic heterocycles. The van der Waals surface area contributed by atoms with Crippen molar-refractivity contribution in [1.82, 2.24) is 9.55 Å². The van der Waals surface area contributed by atoms with Crippen molar-refractivity contribution in [1.29, 1.82) is 0 Å². The van der Waals surface area contributed by atoms with Crippen LogP contribution in [0.4, 0.5) is 11.4 Å². The number of benzene rings is 3. The number of rotatable bonds is 7. The monoisotopic (exact) mass is 460 g/mol. The topological polar surface area (TPSA) is 107 Å². The number of nitrogens with one attached hydrogen (secondary N) is 1. The second kappa shape index (κ2) is 9.66. The third-order valence-electron chi connectivity index (χ3n) is 4.99. The molecule has 8 nitrogen and oxygen atoms in total. The molecule has 1 unspecified atom stereocenters. The van der Waals surface area contributed by atoms with E-state index in [9.17, 15) is 19.7 Å². The van der Waals surface area contributed by atoms with Crippen molar-refractivity contribution < 1.29 is 9.72 Å².